The van der Waals surface area contributed by atoms with E-state index in [1.165, 1.54) is 0 Å². The highest BCUT2D eigenvalue weighted by atomic mass is 16.2. The lowest BCUT2D eigenvalue weighted by Gasteiger charge is -2.10. The van der Waals surface area contributed by atoms with Gasteiger partial charge in [-0.1, -0.05) is 48.2 Å². The van der Waals surface area contributed by atoms with Gasteiger partial charge in [-0.3, -0.25) is 4.79 Å². The Hall–Kier alpha value is -2.37. The molecule has 1 N–H and O–H groups in total. The van der Waals surface area contributed by atoms with E-state index < -0.39 is 0 Å². The molecule has 0 radical (unpaired) electrons. The first-order valence-corrected chi connectivity index (χ1v) is 6.45. The zero-order valence-corrected chi connectivity index (χ0v) is 11.6. The van der Waals surface area contributed by atoms with Gasteiger partial charge in [0.25, 0.3) is 0 Å². The van der Waals surface area contributed by atoms with Crippen LogP contribution in [0, 0.1) is 25.7 Å². The Morgan fingerprint density at radius 2 is 1.80 bits per heavy atom. The van der Waals surface area contributed by atoms with Crippen LogP contribution in [0.4, 0.5) is 0 Å². The third-order valence-electron chi connectivity index (χ3n) is 3.24. The summed E-state index contributed by atoms with van der Waals surface area (Å²) in [5.41, 5.74) is 3.95. The molecule has 0 amide bonds. The highest BCUT2D eigenvalue weighted by Crippen LogP contribution is 2.21. The van der Waals surface area contributed by atoms with Gasteiger partial charge in [-0.2, -0.15) is 0 Å². The fraction of sp³-hybridized carbons (Fsp3) is 0.167. The molecule has 2 heteroatoms. The summed E-state index contributed by atoms with van der Waals surface area (Å²) >= 11 is 0. The molecule has 0 saturated heterocycles. The number of rotatable bonds is 2. The molecule has 0 aliphatic carbocycles. The monoisotopic (exact) mass is 264 g/mol. The van der Waals surface area contributed by atoms with Crippen molar-refractivity contribution in [2.24, 2.45) is 0 Å². The summed E-state index contributed by atoms with van der Waals surface area (Å²) in [5.74, 6) is 5.52. The number of hydrogen-bond donors (Lipinski definition) is 1. The minimum Gasteiger partial charge on any atom is -0.384 e. The molecule has 2 aromatic carbocycles. The van der Waals surface area contributed by atoms with E-state index in [0.717, 1.165) is 16.7 Å². The van der Waals surface area contributed by atoms with Gasteiger partial charge in [0.2, 0.25) is 0 Å². The number of ketones is 1. The van der Waals surface area contributed by atoms with Crippen LogP contribution in [-0.2, 0) is 0 Å². The molecular formula is C18H16O2. The fourth-order valence-electron chi connectivity index (χ4n) is 2.20. The lowest BCUT2D eigenvalue weighted by atomic mass is 9.92. The van der Waals surface area contributed by atoms with E-state index in [0.29, 0.717) is 11.1 Å². The zero-order chi connectivity index (χ0) is 14.5. The lowest BCUT2D eigenvalue weighted by Crippen LogP contribution is -2.07. The molecule has 0 bridgehead atoms. The Balaban J connectivity index is 2.54. The van der Waals surface area contributed by atoms with Crippen LogP contribution in [0.1, 0.15) is 32.6 Å². The summed E-state index contributed by atoms with van der Waals surface area (Å²) in [5, 5.41) is 8.79. The van der Waals surface area contributed by atoms with Crippen molar-refractivity contribution in [2.45, 2.75) is 13.8 Å². The SMILES string of the molecule is Cc1ccc(C#CCO)c(C)c1C(=O)c1ccccc1. The number of aliphatic hydroxyl groups is 1. The molecule has 0 atom stereocenters. The predicted molar refractivity (Wildman–Crippen MR) is 79.8 cm³/mol. The van der Waals surface area contributed by atoms with Crippen molar-refractivity contribution in [3.8, 4) is 11.8 Å². The zero-order valence-electron chi connectivity index (χ0n) is 11.6. The summed E-state index contributed by atoms with van der Waals surface area (Å²) in [6.45, 7) is 3.63. The molecule has 0 aliphatic heterocycles. The van der Waals surface area contributed by atoms with E-state index in [2.05, 4.69) is 11.8 Å². The topological polar surface area (TPSA) is 37.3 Å². The largest absolute Gasteiger partial charge is 0.384 e. The van der Waals surface area contributed by atoms with Crippen molar-refractivity contribution in [3.63, 3.8) is 0 Å². The van der Waals surface area contributed by atoms with Gasteiger partial charge < -0.3 is 5.11 Å². The van der Waals surface area contributed by atoms with Crippen molar-refractivity contribution in [2.75, 3.05) is 6.61 Å². The van der Waals surface area contributed by atoms with Crippen LogP contribution in [0.3, 0.4) is 0 Å². The van der Waals surface area contributed by atoms with Crippen LogP contribution < -0.4 is 0 Å². The predicted octanol–water partition coefficient (Wildman–Crippen LogP) is 2.88. The standard InChI is InChI=1S/C18H16O2/c1-13-10-11-15(9-6-12-19)14(2)17(13)18(20)16-7-4-3-5-8-16/h3-5,7-8,10-11,19H,12H2,1-2H3. The van der Waals surface area contributed by atoms with Crippen LogP contribution in [0.15, 0.2) is 42.5 Å². The van der Waals surface area contributed by atoms with Gasteiger partial charge in [-0.25, -0.2) is 0 Å². The maximum atomic E-state index is 12.6. The van der Waals surface area contributed by atoms with E-state index in [9.17, 15) is 4.79 Å². The normalized spacial score (nSPS) is 9.75. The number of benzene rings is 2. The van der Waals surface area contributed by atoms with E-state index in [4.69, 9.17) is 5.11 Å². The molecule has 0 aromatic heterocycles. The van der Waals surface area contributed by atoms with Gasteiger partial charge in [0.15, 0.2) is 5.78 Å². The first-order valence-electron chi connectivity index (χ1n) is 6.45. The Labute approximate surface area is 119 Å². The molecule has 0 spiro atoms. The van der Waals surface area contributed by atoms with E-state index in [1.807, 2.05) is 56.3 Å². The van der Waals surface area contributed by atoms with Crippen molar-refractivity contribution in [1.29, 1.82) is 0 Å². The summed E-state index contributed by atoms with van der Waals surface area (Å²) in [6.07, 6.45) is 0. The maximum absolute atomic E-state index is 12.6. The van der Waals surface area contributed by atoms with Crippen LogP contribution in [-0.4, -0.2) is 17.5 Å². The molecule has 20 heavy (non-hydrogen) atoms. The van der Waals surface area contributed by atoms with Crippen LogP contribution in [0.2, 0.25) is 0 Å². The minimum absolute atomic E-state index is 0.00764. The first-order chi connectivity index (χ1) is 9.65. The highest BCUT2D eigenvalue weighted by molar-refractivity contribution is 6.11. The molecule has 2 rings (SSSR count). The van der Waals surface area contributed by atoms with Crippen LogP contribution in [0.5, 0.6) is 0 Å². The molecule has 2 aromatic rings. The molecule has 0 saturated carbocycles. The van der Waals surface area contributed by atoms with Crippen molar-refractivity contribution in [3.05, 3.63) is 70.3 Å². The third-order valence-corrected chi connectivity index (χ3v) is 3.24. The number of hydrogen-bond acceptors (Lipinski definition) is 2. The minimum atomic E-state index is -0.185. The summed E-state index contributed by atoms with van der Waals surface area (Å²) in [4.78, 5) is 12.6. The van der Waals surface area contributed by atoms with Gasteiger partial charge >= 0.3 is 0 Å². The average molecular weight is 264 g/mol. The number of aryl methyl sites for hydroxylation is 1. The van der Waals surface area contributed by atoms with E-state index in [-0.39, 0.29) is 12.4 Å². The van der Waals surface area contributed by atoms with E-state index >= 15 is 0 Å². The Bertz CT molecular complexity index is 689. The molecule has 2 nitrogen and oxygen atoms in total. The second kappa shape index (κ2) is 6.18. The molecule has 0 unspecified atom stereocenters. The highest BCUT2D eigenvalue weighted by Gasteiger charge is 2.15. The quantitative estimate of drug-likeness (QED) is 0.669. The Morgan fingerprint density at radius 3 is 2.45 bits per heavy atom. The summed E-state index contributed by atoms with van der Waals surface area (Å²) < 4.78 is 0. The number of carbonyl (C=O) groups excluding carboxylic acids is 1. The summed E-state index contributed by atoms with van der Waals surface area (Å²) in [6, 6.07) is 13.0. The van der Waals surface area contributed by atoms with Crippen molar-refractivity contribution >= 4 is 5.78 Å². The molecular weight excluding hydrogens is 248 g/mol. The van der Waals surface area contributed by atoms with Gasteiger partial charge in [0.1, 0.15) is 6.61 Å². The van der Waals surface area contributed by atoms with Gasteiger partial charge in [-0.05, 0) is 31.0 Å². The van der Waals surface area contributed by atoms with E-state index in [1.54, 1.807) is 0 Å². The van der Waals surface area contributed by atoms with Gasteiger partial charge in [-0.15, -0.1) is 0 Å². The molecule has 100 valence electrons. The number of carbonyl (C=O) groups is 1. The Morgan fingerprint density at radius 1 is 1.10 bits per heavy atom. The van der Waals surface area contributed by atoms with Crippen molar-refractivity contribution in [1.82, 2.24) is 0 Å². The lowest BCUT2D eigenvalue weighted by molar-refractivity contribution is 0.103. The fourth-order valence-corrected chi connectivity index (χ4v) is 2.20. The van der Waals surface area contributed by atoms with Gasteiger partial charge in [0, 0.05) is 16.7 Å². The summed E-state index contributed by atoms with van der Waals surface area (Å²) in [7, 11) is 0. The van der Waals surface area contributed by atoms with Crippen LogP contribution >= 0.6 is 0 Å². The van der Waals surface area contributed by atoms with Crippen LogP contribution in [0.25, 0.3) is 0 Å². The second-order valence-electron chi connectivity index (χ2n) is 4.59. The molecule has 0 heterocycles. The Kier molecular flexibility index (Phi) is 4.34. The second-order valence-corrected chi connectivity index (χ2v) is 4.59. The van der Waals surface area contributed by atoms with Crippen molar-refractivity contribution < 1.29 is 9.90 Å². The first kappa shape index (κ1) is 14.0. The average Bonchev–Trinajstić information content (AvgIpc) is 2.47. The molecule has 0 fully saturated rings. The third kappa shape index (κ3) is 2.79. The van der Waals surface area contributed by atoms with Gasteiger partial charge in [0.05, 0.1) is 0 Å². The number of aliphatic hydroxyl groups excluding tert-OH is 1. The maximum Gasteiger partial charge on any atom is 0.193 e. The molecule has 0 aliphatic rings. The smallest absolute Gasteiger partial charge is 0.193 e.